The smallest absolute Gasteiger partial charge is 0.187 e. The molecule has 57 valence electrons. The van der Waals surface area contributed by atoms with Crippen molar-refractivity contribution in [3.05, 3.63) is 0 Å². The molecule has 0 unspecified atom stereocenters. The quantitative estimate of drug-likeness (QED) is 0.418. The summed E-state index contributed by atoms with van der Waals surface area (Å²) >= 11 is 0. The summed E-state index contributed by atoms with van der Waals surface area (Å²) < 4.78 is 0. The van der Waals surface area contributed by atoms with E-state index in [1.165, 1.54) is 0 Å². The van der Waals surface area contributed by atoms with E-state index in [2.05, 4.69) is 0 Å². The van der Waals surface area contributed by atoms with E-state index in [0.717, 1.165) is 0 Å². The van der Waals surface area contributed by atoms with Crippen molar-refractivity contribution in [2.75, 3.05) is 0 Å². The predicted octanol–water partition coefficient (Wildman–Crippen LogP) is -2.85. The van der Waals surface area contributed by atoms with Crippen molar-refractivity contribution < 1.29 is 99.6 Å². The molecular formula is H7AlCuMnNiO2VZn. The maximum Gasteiger partial charge on any atom is 0.187 e. The third-order valence-corrected chi connectivity index (χ3v) is 0. The van der Waals surface area contributed by atoms with Gasteiger partial charge in [-0.25, -0.2) is 0 Å². The molecule has 0 bridgehead atoms. The maximum atomic E-state index is 0. The van der Waals surface area contributed by atoms with Gasteiger partial charge in [-0.05, 0) is 0 Å². The molecule has 0 fully saturated rings. The number of hydrogen-bond donors (Lipinski definition) is 0. The summed E-state index contributed by atoms with van der Waals surface area (Å²) in [5, 5.41) is 0. The third-order valence-electron chi connectivity index (χ3n) is 0. The third kappa shape index (κ3) is 60.5. The summed E-state index contributed by atoms with van der Waals surface area (Å²) in [7, 11) is 0. The van der Waals surface area contributed by atoms with Crippen molar-refractivity contribution in [3.63, 3.8) is 0 Å². The second-order valence-electron chi connectivity index (χ2n) is 0. The molecule has 0 aliphatic carbocycles. The van der Waals surface area contributed by atoms with E-state index in [9.17, 15) is 0 Å². The van der Waals surface area contributed by atoms with Crippen LogP contribution < -0.4 is 0 Å². The maximum absolute atomic E-state index is 0. The first kappa shape index (κ1) is 114. The van der Waals surface area contributed by atoms with Gasteiger partial charge in [0.05, 0.1) is 0 Å². The van der Waals surface area contributed by atoms with Gasteiger partial charge in [0.1, 0.15) is 0 Å². The van der Waals surface area contributed by atoms with Crippen LogP contribution in [0.3, 0.4) is 0 Å². The molecule has 0 aromatic rings. The fraction of sp³-hybridized carbons (Fsp3) is 0. The summed E-state index contributed by atoms with van der Waals surface area (Å²) in [5.41, 5.74) is 0. The Balaban J connectivity index is 0. The molecule has 0 amide bonds. The van der Waals surface area contributed by atoms with E-state index in [-0.39, 0.29) is 117 Å². The average molecular weight is 360 g/mol. The van der Waals surface area contributed by atoms with Gasteiger partial charge < -0.3 is 11.0 Å². The molecule has 0 aromatic carbocycles. The molecule has 0 saturated carbocycles. The minimum atomic E-state index is 0. The zero-order valence-electron chi connectivity index (χ0n) is 3.15. The van der Waals surface area contributed by atoms with Gasteiger partial charge in [-0.15, -0.1) is 0 Å². The van der Waals surface area contributed by atoms with Crippen molar-refractivity contribution in [2.45, 2.75) is 0 Å². The average Bonchev–Trinajstić information content (AvgIpc) is 0. The zero-order chi connectivity index (χ0) is 0. The summed E-state index contributed by atoms with van der Waals surface area (Å²) in [5.74, 6) is 0. The van der Waals surface area contributed by atoms with Gasteiger partial charge in [-0.3, -0.25) is 0 Å². The standard InChI is InChI=1S/Al.Cu.Mn.Ni.2H2O.V.Zn.3H/h;;;;2*1H2;;;;;. The van der Waals surface area contributed by atoms with Crippen LogP contribution in [0.4, 0.5) is 0 Å². The Morgan fingerprint density at radius 2 is 0.875 bits per heavy atom. The summed E-state index contributed by atoms with van der Waals surface area (Å²) in [4.78, 5) is 0. The first-order chi connectivity index (χ1) is 0. The van der Waals surface area contributed by atoms with Crippen LogP contribution in [0.25, 0.3) is 0 Å². The van der Waals surface area contributed by atoms with Crippen LogP contribution in [-0.2, 0) is 88.7 Å². The van der Waals surface area contributed by atoms with Crippen LogP contribution in [0.1, 0.15) is 0 Å². The monoisotopic (exact) mass is 357 g/mol. The van der Waals surface area contributed by atoms with E-state index >= 15 is 0 Å². The Morgan fingerprint density at radius 3 is 0.875 bits per heavy atom. The molecule has 2 nitrogen and oxygen atoms in total. The van der Waals surface area contributed by atoms with Gasteiger partial charge >= 0.3 is 0 Å². The second-order valence-corrected chi connectivity index (χ2v) is 0. The Kier molecular flexibility index (Phi) is 1200. The van der Waals surface area contributed by atoms with Crippen molar-refractivity contribution in [1.82, 2.24) is 0 Å². The molecule has 0 aliphatic heterocycles. The molecule has 8 heteroatoms. The molecular weight excluding hydrogens is 352 g/mol. The van der Waals surface area contributed by atoms with Crippen LogP contribution in [-0.4, -0.2) is 28.3 Å². The second kappa shape index (κ2) is 84.5. The zero-order valence-corrected chi connectivity index (χ0v) is 10.6. The van der Waals surface area contributed by atoms with Gasteiger partial charge in [-0.2, -0.15) is 0 Å². The molecule has 0 saturated heterocycles. The molecule has 0 aromatic heterocycles. The van der Waals surface area contributed by atoms with Crippen LogP contribution >= 0.6 is 0 Å². The van der Waals surface area contributed by atoms with Crippen LogP contribution in [0.5, 0.6) is 0 Å². The normalized spacial score (nSPS) is 0. The number of hydrogen-bond acceptors (Lipinski definition) is 0. The van der Waals surface area contributed by atoms with Crippen molar-refractivity contribution in [3.8, 4) is 0 Å². The largest absolute Gasteiger partial charge is 0.412 e. The minimum Gasteiger partial charge on any atom is -0.412 e. The van der Waals surface area contributed by atoms with Crippen LogP contribution in [0.15, 0.2) is 0 Å². The molecule has 0 atom stereocenters. The Morgan fingerprint density at radius 1 is 0.875 bits per heavy atom. The molecule has 0 heterocycles. The van der Waals surface area contributed by atoms with E-state index < -0.39 is 0 Å². The van der Waals surface area contributed by atoms with Gasteiger partial charge in [-0.1, -0.05) is 0 Å². The predicted molar refractivity (Wildman–Crippen MR) is 17.2 cm³/mol. The fourth-order valence-corrected chi connectivity index (χ4v) is 0. The molecule has 0 rings (SSSR count). The molecule has 0 aliphatic rings. The molecule has 4 N–H and O–H groups in total. The minimum absolute atomic E-state index is 0. The van der Waals surface area contributed by atoms with Crippen LogP contribution in [0, 0.1) is 0 Å². The summed E-state index contributed by atoms with van der Waals surface area (Å²) in [6, 6.07) is 0. The Labute approximate surface area is 115 Å². The van der Waals surface area contributed by atoms with Gasteiger partial charge in [0.15, 0.2) is 17.4 Å². The summed E-state index contributed by atoms with van der Waals surface area (Å²) in [6.07, 6.45) is 0. The van der Waals surface area contributed by atoms with E-state index in [4.69, 9.17) is 0 Å². The topological polar surface area (TPSA) is 63.0 Å². The number of rotatable bonds is 0. The van der Waals surface area contributed by atoms with Crippen molar-refractivity contribution >= 4 is 17.4 Å². The van der Waals surface area contributed by atoms with Crippen molar-refractivity contribution in [1.29, 1.82) is 0 Å². The van der Waals surface area contributed by atoms with Gasteiger partial charge in [0, 0.05) is 88.7 Å². The van der Waals surface area contributed by atoms with E-state index in [0.29, 0.717) is 0 Å². The molecule has 8 heavy (non-hydrogen) atoms. The van der Waals surface area contributed by atoms with Crippen molar-refractivity contribution in [2.24, 2.45) is 0 Å². The first-order valence-corrected chi connectivity index (χ1v) is 0. The van der Waals surface area contributed by atoms with Gasteiger partial charge in [0.2, 0.25) is 0 Å². The Hall–Kier alpha value is 3.19. The Bertz CT molecular complexity index is 22.0. The molecule has 0 spiro atoms. The van der Waals surface area contributed by atoms with E-state index in [1.54, 1.807) is 0 Å². The van der Waals surface area contributed by atoms with Gasteiger partial charge in [0.25, 0.3) is 0 Å². The fourth-order valence-electron chi connectivity index (χ4n) is 0. The summed E-state index contributed by atoms with van der Waals surface area (Å²) in [6.45, 7) is 0. The van der Waals surface area contributed by atoms with E-state index in [1.807, 2.05) is 0 Å². The first-order valence-electron chi connectivity index (χ1n) is 0. The SMILES string of the molecule is O.O.[AlH3].[Cu].[Mn].[Ni].[V].[Zn]. The van der Waals surface area contributed by atoms with Crippen LogP contribution in [0.2, 0.25) is 0 Å². The molecule has 3 radical (unpaired) electrons.